The van der Waals surface area contributed by atoms with E-state index in [0.717, 1.165) is 16.6 Å². The van der Waals surface area contributed by atoms with E-state index < -0.39 is 0 Å². The van der Waals surface area contributed by atoms with Crippen molar-refractivity contribution in [1.29, 1.82) is 0 Å². The number of aromatic nitrogens is 1. The number of para-hydroxylation sites is 1. The molecule has 0 aliphatic rings. The number of hydrogen-bond acceptors (Lipinski definition) is 2. The maximum Gasteiger partial charge on any atom is 0.221 e. The number of hydrogen-bond donors (Lipinski definition) is 1. The molecule has 1 N–H and O–H groups in total. The fourth-order valence-electron chi connectivity index (χ4n) is 1.39. The van der Waals surface area contributed by atoms with Gasteiger partial charge in [-0.1, -0.05) is 18.2 Å². The minimum Gasteiger partial charge on any atom is -0.326 e. The van der Waals surface area contributed by atoms with E-state index in [4.69, 9.17) is 0 Å². The Labute approximate surface area is 81.8 Å². The zero-order chi connectivity index (χ0) is 9.97. The van der Waals surface area contributed by atoms with Crippen LogP contribution in [0.2, 0.25) is 0 Å². The number of nitrogens with zero attached hydrogens (tertiary/aromatic N) is 1. The van der Waals surface area contributed by atoms with Gasteiger partial charge in [0.05, 0.1) is 11.2 Å². The summed E-state index contributed by atoms with van der Waals surface area (Å²) in [7, 11) is 0. The average Bonchev–Trinajstić information content (AvgIpc) is 2.18. The molecule has 1 aromatic heterocycles. The smallest absolute Gasteiger partial charge is 0.221 e. The van der Waals surface area contributed by atoms with Crippen LogP contribution in [0.5, 0.6) is 0 Å². The molecule has 0 saturated heterocycles. The Balaban J connectivity index is 2.59. The van der Waals surface area contributed by atoms with Gasteiger partial charge in [-0.25, -0.2) is 0 Å². The number of fused-ring (bicyclic) bond motifs is 1. The summed E-state index contributed by atoms with van der Waals surface area (Å²) in [4.78, 5) is 15.1. The van der Waals surface area contributed by atoms with Crippen molar-refractivity contribution in [3.63, 3.8) is 0 Å². The number of anilines is 1. The summed E-state index contributed by atoms with van der Waals surface area (Å²) in [5.74, 6) is -0.0682. The van der Waals surface area contributed by atoms with Crippen molar-refractivity contribution >= 4 is 22.5 Å². The average molecular weight is 186 g/mol. The number of carbonyl (C=O) groups excluding carboxylic acids is 1. The zero-order valence-corrected chi connectivity index (χ0v) is 7.82. The highest BCUT2D eigenvalue weighted by molar-refractivity contribution is 5.99. The van der Waals surface area contributed by atoms with Crippen LogP contribution >= 0.6 is 0 Å². The summed E-state index contributed by atoms with van der Waals surface area (Å²) in [6, 6.07) is 9.50. The molecular formula is C11H10N2O. The number of nitrogens with one attached hydrogen (secondary N) is 1. The lowest BCUT2D eigenvalue weighted by Gasteiger charge is -2.05. The molecule has 2 aromatic rings. The molecule has 14 heavy (non-hydrogen) atoms. The molecule has 0 unspecified atom stereocenters. The first-order valence-electron chi connectivity index (χ1n) is 4.39. The van der Waals surface area contributed by atoms with Gasteiger partial charge in [0.2, 0.25) is 5.91 Å². The Kier molecular flexibility index (Phi) is 2.14. The van der Waals surface area contributed by atoms with Gasteiger partial charge >= 0.3 is 0 Å². The highest BCUT2D eigenvalue weighted by Gasteiger charge is 2.01. The Morgan fingerprint density at radius 3 is 2.86 bits per heavy atom. The number of carbonyl (C=O) groups is 1. The summed E-state index contributed by atoms with van der Waals surface area (Å²) >= 11 is 0. The van der Waals surface area contributed by atoms with Crippen molar-refractivity contribution < 1.29 is 4.79 Å². The van der Waals surface area contributed by atoms with E-state index in [9.17, 15) is 4.79 Å². The van der Waals surface area contributed by atoms with Gasteiger partial charge in [0.1, 0.15) is 0 Å². The molecule has 0 radical (unpaired) electrons. The van der Waals surface area contributed by atoms with Gasteiger partial charge in [-0.3, -0.25) is 9.78 Å². The van der Waals surface area contributed by atoms with Crippen molar-refractivity contribution in [3.05, 3.63) is 36.5 Å². The van der Waals surface area contributed by atoms with Gasteiger partial charge in [-0.2, -0.15) is 0 Å². The molecule has 0 saturated carbocycles. The first kappa shape index (κ1) is 8.69. The van der Waals surface area contributed by atoms with Gasteiger partial charge in [0.15, 0.2) is 0 Å². The monoisotopic (exact) mass is 186 g/mol. The van der Waals surface area contributed by atoms with E-state index in [1.54, 1.807) is 12.3 Å². The van der Waals surface area contributed by atoms with Crippen molar-refractivity contribution in [2.75, 3.05) is 5.32 Å². The van der Waals surface area contributed by atoms with Gasteiger partial charge in [0.25, 0.3) is 0 Å². The standard InChI is InChI=1S/C11H10N2O/c1-8(14)13-11-6-7-12-10-5-3-2-4-9(10)11/h2-7H,1H3,(H,12,13,14). The SMILES string of the molecule is CC(=O)Nc1ccnc2ccccc12. The fraction of sp³-hybridized carbons (Fsp3) is 0.0909. The quantitative estimate of drug-likeness (QED) is 0.741. The summed E-state index contributed by atoms with van der Waals surface area (Å²) in [5.41, 5.74) is 1.70. The topological polar surface area (TPSA) is 42.0 Å². The summed E-state index contributed by atoms with van der Waals surface area (Å²) in [5, 5.41) is 3.73. The van der Waals surface area contributed by atoms with Crippen LogP contribution in [0.3, 0.4) is 0 Å². The van der Waals surface area contributed by atoms with E-state index >= 15 is 0 Å². The second kappa shape index (κ2) is 3.46. The normalized spacial score (nSPS) is 10.1. The van der Waals surface area contributed by atoms with E-state index in [2.05, 4.69) is 10.3 Å². The molecule has 0 spiro atoms. The second-order valence-corrected chi connectivity index (χ2v) is 3.06. The van der Waals surface area contributed by atoms with Crippen LogP contribution in [0.4, 0.5) is 5.69 Å². The third-order valence-corrected chi connectivity index (χ3v) is 1.96. The molecule has 70 valence electrons. The second-order valence-electron chi connectivity index (χ2n) is 3.06. The third kappa shape index (κ3) is 1.57. The highest BCUT2D eigenvalue weighted by atomic mass is 16.1. The van der Waals surface area contributed by atoms with Crippen LogP contribution in [-0.4, -0.2) is 10.9 Å². The lowest BCUT2D eigenvalue weighted by Crippen LogP contribution is -2.06. The zero-order valence-electron chi connectivity index (χ0n) is 7.82. The minimum absolute atomic E-state index is 0.0682. The molecule has 1 aromatic carbocycles. The maximum atomic E-state index is 10.9. The predicted molar refractivity (Wildman–Crippen MR) is 56.0 cm³/mol. The van der Waals surface area contributed by atoms with E-state index in [1.807, 2.05) is 24.3 Å². The van der Waals surface area contributed by atoms with E-state index in [1.165, 1.54) is 6.92 Å². The Bertz CT molecular complexity index is 474. The van der Waals surface area contributed by atoms with Crippen molar-refractivity contribution in [1.82, 2.24) is 4.98 Å². The number of pyridine rings is 1. The number of amides is 1. The first-order valence-corrected chi connectivity index (χ1v) is 4.39. The Hall–Kier alpha value is -1.90. The van der Waals surface area contributed by atoms with Gasteiger partial charge in [-0.15, -0.1) is 0 Å². The Morgan fingerprint density at radius 1 is 1.29 bits per heavy atom. The molecule has 1 amide bonds. The molecule has 2 rings (SSSR count). The first-order chi connectivity index (χ1) is 6.77. The van der Waals surface area contributed by atoms with Crippen LogP contribution in [0.15, 0.2) is 36.5 Å². The minimum atomic E-state index is -0.0682. The molecule has 0 fully saturated rings. The lowest BCUT2D eigenvalue weighted by molar-refractivity contribution is -0.114. The van der Waals surface area contributed by atoms with E-state index in [0.29, 0.717) is 0 Å². The molecule has 0 aliphatic heterocycles. The molecule has 0 aliphatic carbocycles. The van der Waals surface area contributed by atoms with Crippen LogP contribution in [0.25, 0.3) is 10.9 Å². The number of rotatable bonds is 1. The highest BCUT2D eigenvalue weighted by Crippen LogP contribution is 2.20. The van der Waals surface area contributed by atoms with Gasteiger partial charge in [0, 0.05) is 18.5 Å². The molecule has 0 bridgehead atoms. The molecular weight excluding hydrogens is 176 g/mol. The Morgan fingerprint density at radius 2 is 2.07 bits per heavy atom. The van der Waals surface area contributed by atoms with Gasteiger partial charge < -0.3 is 5.32 Å². The number of benzene rings is 1. The maximum absolute atomic E-state index is 10.9. The van der Waals surface area contributed by atoms with Gasteiger partial charge in [-0.05, 0) is 12.1 Å². The van der Waals surface area contributed by atoms with Crippen LogP contribution in [0.1, 0.15) is 6.92 Å². The van der Waals surface area contributed by atoms with Crippen LogP contribution in [-0.2, 0) is 4.79 Å². The van der Waals surface area contributed by atoms with Crippen LogP contribution < -0.4 is 5.32 Å². The van der Waals surface area contributed by atoms with Crippen molar-refractivity contribution in [2.45, 2.75) is 6.92 Å². The predicted octanol–water partition coefficient (Wildman–Crippen LogP) is 2.19. The lowest BCUT2D eigenvalue weighted by atomic mass is 10.2. The summed E-state index contributed by atoms with van der Waals surface area (Å²) in [6.07, 6.45) is 1.69. The fourth-order valence-corrected chi connectivity index (χ4v) is 1.39. The van der Waals surface area contributed by atoms with Crippen molar-refractivity contribution in [3.8, 4) is 0 Å². The molecule has 3 heteroatoms. The van der Waals surface area contributed by atoms with E-state index in [-0.39, 0.29) is 5.91 Å². The largest absolute Gasteiger partial charge is 0.326 e. The van der Waals surface area contributed by atoms with Crippen LogP contribution in [0, 0.1) is 0 Å². The summed E-state index contributed by atoms with van der Waals surface area (Å²) < 4.78 is 0. The third-order valence-electron chi connectivity index (χ3n) is 1.96. The summed E-state index contributed by atoms with van der Waals surface area (Å²) in [6.45, 7) is 1.50. The van der Waals surface area contributed by atoms with Crippen molar-refractivity contribution in [2.24, 2.45) is 0 Å². The molecule has 3 nitrogen and oxygen atoms in total. The molecule has 1 heterocycles. The molecule has 0 atom stereocenters.